The molecule has 1 fully saturated rings. The number of rotatable bonds is 3. The van der Waals surface area contributed by atoms with Gasteiger partial charge in [0, 0.05) is 6.42 Å². The fourth-order valence-electron chi connectivity index (χ4n) is 2.21. The Morgan fingerprint density at radius 1 is 1.42 bits per heavy atom. The van der Waals surface area contributed by atoms with Crippen LogP contribution in [0.3, 0.4) is 0 Å². The summed E-state index contributed by atoms with van der Waals surface area (Å²) in [5, 5.41) is 0. The molecule has 70 valence electrons. The molecule has 1 aliphatic carbocycles. The Bertz CT molecular complexity index is 156. The normalized spacial score (nSPS) is 30.2. The van der Waals surface area contributed by atoms with E-state index in [4.69, 9.17) is 5.73 Å². The fraction of sp³-hybridized carbons (Fsp3) is 0.900. The van der Waals surface area contributed by atoms with Crippen molar-refractivity contribution in [1.82, 2.24) is 0 Å². The molecule has 0 bridgehead atoms. The van der Waals surface area contributed by atoms with Crippen molar-refractivity contribution in [1.29, 1.82) is 0 Å². The highest BCUT2D eigenvalue weighted by Gasteiger charge is 2.21. The highest BCUT2D eigenvalue weighted by atomic mass is 16.1. The van der Waals surface area contributed by atoms with E-state index in [-0.39, 0.29) is 0 Å². The van der Waals surface area contributed by atoms with Crippen LogP contribution in [0.2, 0.25) is 0 Å². The Hall–Kier alpha value is -0.370. The highest BCUT2D eigenvalue weighted by molar-refractivity contribution is 5.75. The number of nitrogens with two attached hydrogens (primary N) is 1. The molecule has 0 amide bonds. The number of carbonyl (C=O) groups is 1. The molecule has 0 unspecified atom stereocenters. The summed E-state index contributed by atoms with van der Waals surface area (Å²) in [7, 11) is 0. The molecule has 2 nitrogen and oxygen atoms in total. The second-order valence-electron chi connectivity index (χ2n) is 4.04. The predicted octanol–water partition coefficient (Wildman–Crippen LogP) is 1.73. The molecular formula is C10H19NO. The Morgan fingerprint density at radius 2 is 2.08 bits per heavy atom. The Labute approximate surface area is 74.5 Å². The molecule has 2 atom stereocenters. The SMILES string of the molecule is CC(=O)C[C@H]1CCC[C@@H](CN)C1. The van der Waals surface area contributed by atoms with Crippen LogP contribution in [0.1, 0.15) is 39.0 Å². The standard InChI is InChI=1S/C10H19NO/c1-8(12)5-9-3-2-4-10(6-9)7-11/h9-10H,2-7,11H2,1H3/t9-,10-/m1/s1. The maximum absolute atomic E-state index is 10.9. The average Bonchev–Trinajstić information content (AvgIpc) is 2.03. The van der Waals surface area contributed by atoms with Crippen molar-refractivity contribution in [2.75, 3.05) is 6.54 Å². The quantitative estimate of drug-likeness (QED) is 0.699. The molecule has 0 aliphatic heterocycles. The van der Waals surface area contributed by atoms with Crippen LogP contribution >= 0.6 is 0 Å². The van der Waals surface area contributed by atoms with Gasteiger partial charge < -0.3 is 10.5 Å². The van der Waals surface area contributed by atoms with Crippen LogP contribution in [0.15, 0.2) is 0 Å². The van der Waals surface area contributed by atoms with Gasteiger partial charge in [-0.05, 0) is 38.1 Å². The van der Waals surface area contributed by atoms with Crippen LogP contribution in [0, 0.1) is 11.8 Å². The van der Waals surface area contributed by atoms with E-state index in [1.807, 2.05) is 0 Å². The smallest absolute Gasteiger partial charge is 0.130 e. The van der Waals surface area contributed by atoms with E-state index in [9.17, 15) is 4.79 Å². The van der Waals surface area contributed by atoms with Crippen molar-refractivity contribution in [3.05, 3.63) is 0 Å². The third-order valence-corrected chi connectivity index (χ3v) is 2.80. The molecule has 1 saturated carbocycles. The Balaban J connectivity index is 2.30. The first kappa shape index (κ1) is 9.72. The Morgan fingerprint density at radius 3 is 2.67 bits per heavy atom. The monoisotopic (exact) mass is 169 g/mol. The second-order valence-corrected chi connectivity index (χ2v) is 4.04. The molecule has 1 aliphatic rings. The van der Waals surface area contributed by atoms with Gasteiger partial charge in [0.05, 0.1) is 0 Å². The van der Waals surface area contributed by atoms with Gasteiger partial charge in [-0.3, -0.25) is 0 Å². The summed E-state index contributed by atoms with van der Waals surface area (Å²) >= 11 is 0. The zero-order valence-electron chi connectivity index (χ0n) is 7.88. The van der Waals surface area contributed by atoms with E-state index in [0.717, 1.165) is 13.0 Å². The minimum absolute atomic E-state index is 0.331. The van der Waals surface area contributed by atoms with Crippen molar-refractivity contribution in [3.63, 3.8) is 0 Å². The van der Waals surface area contributed by atoms with E-state index in [1.165, 1.54) is 25.7 Å². The zero-order valence-corrected chi connectivity index (χ0v) is 7.88. The van der Waals surface area contributed by atoms with Gasteiger partial charge in [0.1, 0.15) is 5.78 Å². The lowest BCUT2D eigenvalue weighted by atomic mass is 9.79. The van der Waals surface area contributed by atoms with Gasteiger partial charge in [0.2, 0.25) is 0 Å². The third kappa shape index (κ3) is 2.94. The highest BCUT2D eigenvalue weighted by Crippen LogP contribution is 2.30. The molecule has 2 heteroatoms. The zero-order chi connectivity index (χ0) is 8.97. The summed E-state index contributed by atoms with van der Waals surface area (Å²) in [6.07, 6.45) is 5.72. The molecule has 0 aromatic rings. The summed E-state index contributed by atoms with van der Waals surface area (Å²) in [6, 6.07) is 0. The maximum Gasteiger partial charge on any atom is 0.130 e. The molecule has 12 heavy (non-hydrogen) atoms. The van der Waals surface area contributed by atoms with E-state index < -0.39 is 0 Å². The first-order chi connectivity index (χ1) is 5.72. The van der Waals surface area contributed by atoms with Crippen LogP contribution < -0.4 is 5.73 Å². The molecule has 0 aromatic heterocycles. The number of carbonyl (C=O) groups excluding carboxylic acids is 1. The fourth-order valence-corrected chi connectivity index (χ4v) is 2.21. The van der Waals surface area contributed by atoms with Crippen LogP contribution in [-0.4, -0.2) is 12.3 Å². The van der Waals surface area contributed by atoms with E-state index >= 15 is 0 Å². The van der Waals surface area contributed by atoms with Gasteiger partial charge in [-0.15, -0.1) is 0 Å². The molecule has 1 rings (SSSR count). The first-order valence-corrected chi connectivity index (χ1v) is 4.92. The first-order valence-electron chi connectivity index (χ1n) is 4.92. The summed E-state index contributed by atoms with van der Waals surface area (Å²) in [6.45, 7) is 2.49. The van der Waals surface area contributed by atoms with Crippen LogP contribution in [0.25, 0.3) is 0 Å². The van der Waals surface area contributed by atoms with Crippen molar-refractivity contribution >= 4 is 5.78 Å². The van der Waals surface area contributed by atoms with Crippen molar-refractivity contribution in [3.8, 4) is 0 Å². The summed E-state index contributed by atoms with van der Waals surface area (Å²) < 4.78 is 0. The summed E-state index contributed by atoms with van der Waals surface area (Å²) in [5.74, 6) is 1.64. The molecular weight excluding hydrogens is 150 g/mol. The lowest BCUT2D eigenvalue weighted by molar-refractivity contribution is -0.118. The minimum atomic E-state index is 0.331. The van der Waals surface area contributed by atoms with Crippen molar-refractivity contribution in [2.45, 2.75) is 39.0 Å². The number of ketones is 1. The van der Waals surface area contributed by atoms with Crippen molar-refractivity contribution in [2.24, 2.45) is 17.6 Å². The molecule has 0 spiro atoms. The van der Waals surface area contributed by atoms with E-state index in [1.54, 1.807) is 6.92 Å². The van der Waals surface area contributed by atoms with Gasteiger partial charge >= 0.3 is 0 Å². The lowest BCUT2D eigenvalue weighted by Gasteiger charge is -2.27. The van der Waals surface area contributed by atoms with Gasteiger partial charge in [0.25, 0.3) is 0 Å². The number of hydrogen-bond acceptors (Lipinski definition) is 2. The van der Waals surface area contributed by atoms with Gasteiger partial charge in [0.15, 0.2) is 0 Å². The third-order valence-electron chi connectivity index (χ3n) is 2.80. The van der Waals surface area contributed by atoms with Gasteiger partial charge in [-0.2, -0.15) is 0 Å². The molecule has 0 radical (unpaired) electrons. The predicted molar refractivity (Wildman–Crippen MR) is 49.8 cm³/mol. The largest absolute Gasteiger partial charge is 0.330 e. The van der Waals surface area contributed by atoms with E-state index in [2.05, 4.69) is 0 Å². The second kappa shape index (κ2) is 4.61. The number of hydrogen-bond donors (Lipinski definition) is 1. The molecule has 0 heterocycles. The van der Waals surface area contributed by atoms with Crippen LogP contribution in [0.4, 0.5) is 0 Å². The average molecular weight is 169 g/mol. The number of Topliss-reactive ketones (excluding diaryl/α,β-unsaturated/α-hetero) is 1. The van der Waals surface area contributed by atoms with Crippen LogP contribution in [0.5, 0.6) is 0 Å². The van der Waals surface area contributed by atoms with Crippen LogP contribution in [-0.2, 0) is 4.79 Å². The Kier molecular flexibility index (Phi) is 3.73. The maximum atomic E-state index is 10.9. The molecule has 2 N–H and O–H groups in total. The molecule has 0 aromatic carbocycles. The summed E-state index contributed by atoms with van der Waals surface area (Å²) in [5.41, 5.74) is 5.61. The minimum Gasteiger partial charge on any atom is -0.330 e. The van der Waals surface area contributed by atoms with E-state index in [0.29, 0.717) is 17.6 Å². The van der Waals surface area contributed by atoms with Crippen molar-refractivity contribution < 1.29 is 4.79 Å². The van der Waals surface area contributed by atoms with Gasteiger partial charge in [-0.1, -0.05) is 12.8 Å². The topological polar surface area (TPSA) is 43.1 Å². The molecule has 0 saturated heterocycles. The lowest BCUT2D eigenvalue weighted by Crippen LogP contribution is -2.23. The summed E-state index contributed by atoms with van der Waals surface area (Å²) in [4.78, 5) is 10.9. The van der Waals surface area contributed by atoms with Gasteiger partial charge in [-0.25, -0.2) is 0 Å².